The first-order valence-corrected chi connectivity index (χ1v) is 10.1. The lowest BCUT2D eigenvalue weighted by atomic mass is 10.0. The molecule has 1 fully saturated rings. The van der Waals surface area contributed by atoms with E-state index in [4.69, 9.17) is 4.98 Å². The molecule has 29 heavy (non-hydrogen) atoms. The van der Waals surface area contributed by atoms with Crippen molar-refractivity contribution in [3.63, 3.8) is 0 Å². The standard InChI is InChI=1S/C20H27N7O2/c1-5-15-19(29)25(4)16-11-21-20(23-17(16)27(15)14-8-6-7-9-14)26-12-13(10-22-26)18(28)24(2)3/h10-12,14-15H,5-9H2,1-4H3/t15-/m1/s1. The van der Waals surface area contributed by atoms with Gasteiger partial charge in [-0.3, -0.25) is 9.59 Å². The summed E-state index contributed by atoms with van der Waals surface area (Å²) in [5, 5.41) is 4.28. The van der Waals surface area contributed by atoms with Gasteiger partial charge >= 0.3 is 0 Å². The molecule has 4 rings (SSSR count). The van der Waals surface area contributed by atoms with Gasteiger partial charge in [-0.15, -0.1) is 0 Å². The molecule has 1 atom stereocenters. The lowest BCUT2D eigenvalue weighted by molar-refractivity contribution is -0.120. The molecule has 2 aromatic rings. The number of fused-ring (bicyclic) bond motifs is 1. The number of rotatable bonds is 4. The highest BCUT2D eigenvalue weighted by atomic mass is 16.2. The zero-order chi connectivity index (χ0) is 20.7. The van der Waals surface area contributed by atoms with E-state index < -0.39 is 0 Å². The molecule has 0 saturated heterocycles. The molecule has 2 aromatic heterocycles. The monoisotopic (exact) mass is 397 g/mol. The maximum absolute atomic E-state index is 13.0. The van der Waals surface area contributed by atoms with Crippen LogP contribution in [-0.4, -0.2) is 69.7 Å². The molecule has 1 saturated carbocycles. The number of amides is 2. The van der Waals surface area contributed by atoms with Crippen LogP contribution in [0.4, 0.5) is 11.5 Å². The molecule has 0 N–H and O–H groups in total. The number of carbonyl (C=O) groups is 2. The Morgan fingerprint density at radius 3 is 2.62 bits per heavy atom. The predicted octanol–water partition coefficient (Wildman–Crippen LogP) is 1.87. The van der Waals surface area contributed by atoms with E-state index in [1.165, 1.54) is 28.6 Å². The van der Waals surface area contributed by atoms with Gasteiger partial charge in [-0.2, -0.15) is 10.1 Å². The minimum atomic E-state index is -0.221. The van der Waals surface area contributed by atoms with E-state index in [1.807, 2.05) is 6.92 Å². The summed E-state index contributed by atoms with van der Waals surface area (Å²) in [7, 11) is 5.18. The van der Waals surface area contributed by atoms with Crippen LogP contribution in [0.1, 0.15) is 49.4 Å². The Hall–Kier alpha value is -2.97. The van der Waals surface area contributed by atoms with Crippen LogP contribution in [0.5, 0.6) is 0 Å². The van der Waals surface area contributed by atoms with Crippen LogP contribution in [0.2, 0.25) is 0 Å². The van der Waals surface area contributed by atoms with Crippen molar-refractivity contribution in [1.82, 2.24) is 24.6 Å². The van der Waals surface area contributed by atoms with Crippen molar-refractivity contribution in [2.45, 2.75) is 51.1 Å². The van der Waals surface area contributed by atoms with Crippen molar-refractivity contribution in [3.8, 4) is 5.95 Å². The lowest BCUT2D eigenvalue weighted by Crippen LogP contribution is -2.55. The first-order chi connectivity index (χ1) is 13.9. The van der Waals surface area contributed by atoms with Gasteiger partial charge in [-0.1, -0.05) is 19.8 Å². The number of hydrogen-bond acceptors (Lipinski definition) is 6. The van der Waals surface area contributed by atoms with E-state index >= 15 is 0 Å². The van der Waals surface area contributed by atoms with Crippen molar-refractivity contribution >= 4 is 23.3 Å². The Kier molecular flexibility index (Phi) is 4.97. The molecular weight excluding hydrogens is 370 g/mol. The van der Waals surface area contributed by atoms with Gasteiger partial charge in [-0.05, 0) is 19.3 Å². The van der Waals surface area contributed by atoms with Gasteiger partial charge in [0.15, 0.2) is 5.82 Å². The Bertz CT molecular complexity index is 933. The number of nitrogens with zero attached hydrogens (tertiary/aromatic N) is 7. The molecule has 0 bridgehead atoms. The average molecular weight is 397 g/mol. The number of anilines is 2. The third-order valence-corrected chi connectivity index (χ3v) is 5.84. The maximum Gasteiger partial charge on any atom is 0.256 e. The summed E-state index contributed by atoms with van der Waals surface area (Å²) in [6.07, 6.45) is 10.0. The molecule has 9 nitrogen and oxygen atoms in total. The molecule has 1 aliphatic heterocycles. The number of carbonyl (C=O) groups excluding carboxylic acids is 2. The smallest absolute Gasteiger partial charge is 0.256 e. The largest absolute Gasteiger partial charge is 0.345 e. The summed E-state index contributed by atoms with van der Waals surface area (Å²) in [5.74, 6) is 1.12. The molecule has 0 aromatic carbocycles. The van der Waals surface area contributed by atoms with Crippen LogP contribution < -0.4 is 9.80 Å². The van der Waals surface area contributed by atoms with Crippen LogP contribution in [0.25, 0.3) is 5.95 Å². The van der Waals surface area contributed by atoms with E-state index in [0.717, 1.165) is 25.1 Å². The third-order valence-electron chi connectivity index (χ3n) is 5.84. The van der Waals surface area contributed by atoms with Crippen LogP contribution in [0.15, 0.2) is 18.6 Å². The van der Waals surface area contributed by atoms with Gasteiger partial charge in [0.05, 0.1) is 18.0 Å². The zero-order valence-corrected chi connectivity index (χ0v) is 17.4. The fourth-order valence-electron chi connectivity index (χ4n) is 4.29. The molecule has 154 valence electrons. The summed E-state index contributed by atoms with van der Waals surface area (Å²) in [6.45, 7) is 2.04. The Labute approximate surface area is 170 Å². The fraction of sp³-hybridized carbons (Fsp3) is 0.550. The van der Waals surface area contributed by atoms with Gasteiger partial charge in [-0.25, -0.2) is 9.67 Å². The normalized spacial score (nSPS) is 19.6. The SMILES string of the molecule is CC[C@@H]1C(=O)N(C)c2cnc(-n3cc(C(=O)N(C)C)cn3)nc2N1C1CCCC1. The highest BCUT2D eigenvalue weighted by Gasteiger charge is 2.41. The van der Waals surface area contributed by atoms with Gasteiger partial charge in [0.2, 0.25) is 5.91 Å². The summed E-state index contributed by atoms with van der Waals surface area (Å²) in [6, 6.07) is 0.0875. The maximum atomic E-state index is 13.0. The Morgan fingerprint density at radius 2 is 1.97 bits per heavy atom. The van der Waals surface area contributed by atoms with Crippen molar-refractivity contribution in [2.75, 3.05) is 30.9 Å². The van der Waals surface area contributed by atoms with E-state index in [1.54, 1.807) is 38.4 Å². The molecule has 2 aliphatic rings. The van der Waals surface area contributed by atoms with Crippen molar-refractivity contribution in [3.05, 3.63) is 24.2 Å². The van der Waals surface area contributed by atoms with Gasteiger partial charge in [0.25, 0.3) is 11.9 Å². The van der Waals surface area contributed by atoms with E-state index in [0.29, 0.717) is 23.2 Å². The molecule has 9 heteroatoms. The fourth-order valence-corrected chi connectivity index (χ4v) is 4.29. The predicted molar refractivity (Wildman–Crippen MR) is 109 cm³/mol. The topological polar surface area (TPSA) is 87.5 Å². The van der Waals surface area contributed by atoms with Crippen LogP contribution in [-0.2, 0) is 4.79 Å². The van der Waals surface area contributed by atoms with E-state index in [2.05, 4.69) is 15.0 Å². The minimum absolute atomic E-state index is 0.0844. The summed E-state index contributed by atoms with van der Waals surface area (Å²) < 4.78 is 1.52. The van der Waals surface area contributed by atoms with Crippen molar-refractivity contribution in [1.29, 1.82) is 0 Å². The van der Waals surface area contributed by atoms with Gasteiger partial charge in [0, 0.05) is 33.4 Å². The van der Waals surface area contributed by atoms with E-state index in [9.17, 15) is 9.59 Å². The summed E-state index contributed by atoms with van der Waals surface area (Å²) in [5.41, 5.74) is 1.19. The van der Waals surface area contributed by atoms with Crippen LogP contribution in [0, 0.1) is 0 Å². The van der Waals surface area contributed by atoms with E-state index in [-0.39, 0.29) is 17.9 Å². The molecule has 0 unspecified atom stereocenters. The van der Waals surface area contributed by atoms with Gasteiger partial charge in [0.1, 0.15) is 11.7 Å². The van der Waals surface area contributed by atoms with Crippen molar-refractivity contribution < 1.29 is 9.59 Å². The molecule has 1 aliphatic carbocycles. The second-order valence-electron chi connectivity index (χ2n) is 7.92. The zero-order valence-electron chi connectivity index (χ0n) is 17.4. The minimum Gasteiger partial charge on any atom is -0.345 e. The third kappa shape index (κ3) is 3.24. The summed E-state index contributed by atoms with van der Waals surface area (Å²) >= 11 is 0. The second kappa shape index (κ2) is 7.46. The number of likely N-dealkylation sites (N-methyl/N-ethyl adjacent to an activating group) is 1. The molecular formula is C20H27N7O2. The number of aromatic nitrogens is 4. The second-order valence-corrected chi connectivity index (χ2v) is 7.92. The molecule has 0 spiro atoms. The van der Waals surface area contributed by atoms with Crippen LogP contribution >= 0.6 is 0 Å². The highest BCUT2D eigenvalue weighted by Crippen LogP contribution is 2.39. The Morgan fingerprint density at radius 1 is 1.24 bits per heavy atom. The molecule has 2 amide bonds. The van der Waals surface area contributed by atoms with Crippen LogP contribution in [0.3, 0.4) is 0 Å². The highest BCUT2D eigenvalue weighted by molar-refractivity contribution is 6.04. The average Bonchev–Trinajstić information content (AvgIpc) is 3.41. The molecule has 3 heterocycles. The first kappa shape index (κ1) is 19.4. The first-order valence-electron chi connectivity index (χ1n) is 10.1. The number of hydrogen-bond donors (Lipinski definition) is 0. The Balaban J connectivity index is 1.77. The summed E-state index contributed by atoms with van der Waals surface area (Å²) in [4.78, 5) is 39.7. The van der Waals surface area contributed by atoms with Crippen molar-refractivity contribution in [2.24, 2.45) is 0 Å². The quantitative estimate of drug-likeness (QED) is 0.783. The van der Waals surface area contributed by atoms with Gasteiger partial charge < -0.3 is 14.7 Å². The molecule has 0 radical (unpaired) electrons. The lowest BCUT2D eigenvalue weighted by Gasteiger charge is -2.43.